The molecule has 0 bridgehead atoms. The van der Waals surface area contributed by atoms with Gasteiger partial charge in [0.25, 0.3) is 0 Å². The molecule has 1 saturated heterocycles. The zero-order valence-corrected chi connectivity index (χ0v) is 20.2. The van der Waals surface area contributed by atoms with Crippen molar-refractivity contribution in [1.29, 1.82) is 0 Å². The molecule has 0 saturated carbocycles. The quantitative estimate of drug-likeness (QED) is 0.190. The van der Waals surface area contributed by atoms with Gasteiger partial charge in [-0.1, -0.05) is 29.8 Å². The molecule has 2 aromatic carbocycles. The molecule has 8 heteroatoms. The van der Waals surface area contributed by atoms with Gasteiger partial charge in [-0.05, 0) is 43.2 Å². The van der Waals surface area contributed by atoms with Crippen molar-refractivity contribution in [2.75, 3.05) is 31.6 Å². The molecule has 1 aliphatic rings. The number of nitrogens with one attached hydrogen (secondary N) is 3. The van der Waals surface area contributed by atoms with E-state index in [-0.39, 0.29) is 24.0 Å². The van der Waals surface area contributed by atoms with Crippen LogP contribution >= 0.6 is 35.6 Å². The smallest absolute Gasteiger partial charge is 0.191 e. The van der Waals surface area contributed by atoms with Gasteiger partial charge in [0.1, 0.15) is 5.82 Å². The van der Waals surface area contributed by atoms with Crippen molar-refractivity contribution in [2.45, 2.75) is 25.3 Å². The summed E-state index contributed by atoms with van der Waals surface area (Å²) in [6, 6.07) is 16.6. The Bertz CT molecular complexity index is 955. The highest BCUT2D eigenvalue weighted by atomic mass is 127. The first-order chi connectivity index (χ1) is 14.2. The van der Waals surface area contributed by atoms with Gasteiger partial charge in [-0.3, -0.25) is 4.99 Å². The van der Waals surface area contributed by atoms with E-state index < -0.39 is 0 Å². The monoisotopic (exact) mass is 538 g/mol. The fourth-order valence-corrected chi connectivity index (χ4v) is 3.94. The Morgan fingerprint density at radius 2 is 2.13 bits per heavy atom. The number of imidazole rings is 1. The minimum atomic E-state index is 0. The highest BCUT2D eigenvalue weighted by Crippen LogP contribution is 2.23. The molecule has 160 valence electrons. The fraction of sp³-hybridized carbons (Fsp3) is 0.364. The van der Waals surface area contributed by atoms with Crippen molar-refractivity contribution in [3.8, 4) is 0 Å². The maximum Gasteiger partial charge on any atom is 0.191 e. The number of H-pyrrole nitrogens is 1. The number of fused-ring (bicyclic) bond motifs is 1. The fourth-order valence-electron chi connectivity index (χ4n) is 3.76. The van der Waals surface area contributed by atoms with Crippen molar-refractivity contribution >= 4 is 58.3 Å². The summed E-state index contributed by atoms with van der Waals surface area (Å²) in [5, 5.41) is 7.74. The second-order valence-electron chi connectivity index (χ2n) is 7.36. The second-order valence-corrected chi connectivity index (χ2v) is 7.80. The van der Waals surface area contributed by atoms with Gasteiger partial charge in [0.2, 0.25) is 0 Å². The number of guanidine groups is 1. The van der Waals surface area contributed by atoms with Crippen molar-refractivity contribution < 1.29 is 0 Å². The predicted octanol–water partition coefficient (Wildman–Crippen LogP) is 4.21. The molecule has 1 aromatic heterocycles. The lowest BCUT2D eigenvalue weighted by Crippen LogP contribution is -2.44. The second kappa shape index (κ2) is 10.9. The normalized spacial score (nSPS) is 16.5. The van der Waals surface area contributed by atoms with E-state index in [1.165, 1.54) is 5.69 Å². The van der Waals surface area contributed by atoms with Gasteiger partial charge in [-0.15, -0.1) is 24.0 Å². The summed E-state index contributed by atoms with van der Waals surface area (Å²) in [5.41, 5.74) is 3.30. The number of aromatic nitrogens is 2. The van der Waals surface area contributed by atoms with Gasteiger partial charge >= 0.3 is 0 Å². The molecule has 6 nitrogen and oxygen atoms in total. The summed E-state index contributed by atoms with van der Waals surface area (Å²) in [5.74, 6) is 1.89. The molecule has 30 heavy (non-hydrogen) atoms. The third-order valence-corrected chi connectivity index (χ3v) is 5.48. The van der Waals surface area contributed by atoms with Gasteiger partial charge in [0, 0.05) is 49.9 Å². The van der Waals surface area contributed by atoms with Crippen LogP contribution in [0.2, 0.25) is 5.02 Å². The van der Waals surface area contributed by atoms with E-state index in [2.05, 4.69) is 42.6 Å². The molecule has 1 unspecified atom stereocenters. The summed E-state index contributed by atoms with van der Waals surface area (Å²) in [6.07, 6.45) is 2.97. The summed E-state index contributed by atoms with van der Waals surface area (Å²) in [7, 11) is 1.82. The van der Waals surface area contributed by atoms with E-state index in [0.717, 1.165) is 66.7 Å². The van der Waals surface area contributed by atoms with Gasteiger partial charge in [0.15, 0.2) is 5.96 Å². The van der Waals surface area contributed by atoms with Crippen molar-refractivity contribution in [3.05, 3.63) is 59.4 Å². The third kappa shape index (κ3) is 5.78. The molecule has 1 aliphatic heterocycles. The molecule has 0 spiro atoms. The number of aromatic amines is 1. The van der Waals surface area contributed by atoms with E-state index in [9.17, 15) is 0 Å². The summed E-state index contributed by atoms with van der Waals surface area (Å²) in [6.45, 7) is 2.81. The van der Waals surface area contributed by atoms with Crippen LogP contribution in [0, 0.1) is 0 Å². The zero-order chi connectivity index (χ0) is 20.1. The first-order valence-electron chi connectivity index (χ1n) is 10.1. The number of anilines is 1. The number of rotatable bonds is 6. The Hall–Kier alpha value is -2.00. The average molecular weight is 539 g/mol. The number of nitrogens with zero attached hydrogens (tertiary/aromatic N) is 3. The number of halogens is 2. The Kier molecular flexibility index (Phi) is 8.21. The molecular formula is C22H28ClIN6. The molecule has 3 aromatic rings. The average Bonchev–Trinajstić information content (AvgIpc) is 3.36. The first-order valence-corrected chi connectivity index (χ1v) is 10.5. The van der Waals surface area contributed by atoms with Crippen LogP contribution in [0.3, 0.4) is 0 Å². The highest BCUT2D eigenvalue weighted by molar-refractivity contribution is 14.0. The van der Waals surface area contributed by atoms with Gasteiger partial charge in [-0.25, -0.2) is 4.98 Å². The standard InChI is InChI=1S/C22H27ClN6.HI/c1-24-22(25-12-5-10-21-27-19-8-2-3-9-20(19)28-21)26-17-11-13-29(15-17)18-7-4-6-16(23)14-18;/h2-4,6-9,14,17H,5,10-13,15H2,1H3,(H,27,28)(H2,24,25,26);1H. The first kappa shape index (κ1) is 22.7. The van der Waals surface area contributed by atoms with Gasteiger partial charge < -0.3 is 20.5 Å². The van der Waals surface area contributed by atoms with Crippen molar-refractivity contribution in [3.63, 3.8) is 0 Å². The van der Waals surface area contributed by atoms with Crippen molar-refractivity contribution in [1.82, 2.24) is 20.6 Å². The number of hydrogen-bond acceptors (Lipinski definition) is 3. The maximum absolute atomic E-state index is 6.13. The number of aryl methyl sites for hydroxylation is 1. The van der Waals surface area contributed by atoms with Crippen LogP contribution in [0.25, 0.3) is 11.0 Å². The number of benzene rings is 2. The van der Waals surface area contributed by atoms with E-state index in [0.29, 0.717) is 6.04 Å². The van der Waals surface area contributed by atoms with E-state index in [1.807, 2.05) is 43.4 Å². The van der Waals surface area contributed by atoms with Crippen LogP contribution < -0.4 is 15.5 Å². The van der Waals surface area contributed by atoms with Crippen LogP contribution in [-0.4, -0.2) is 48.7 Å². The minimum Gasteiger partial charge on any atom is -0.369 e. The maximum atomic E-state index is 6.13. The van der Waals surface area contributed by atoms with Crippen molar-refractivity contribution in [2.24, 2.45) is 4.99 Å². The summed E-state index contributed by atoms with van der Waals surface area (Å²) >= 11 is 6.13. The molecule has 2 heterocycles. The Morgan fingerprint density at radius 3 is 2.93 bits per heavy atom. The minimum absolute atomic E-state index is 0. The van der Waals surface area contributed by atoms with Crippen LogP contribution in [-0.2, 0) is 6.42 Å². The molecule has 0 amide bonds. The lowest BCUT2D eigenvalue weighted by molar-refractivity contribution is 0.641. The summed E-state index contributed by atoms with van der Waals surface area (Å²) in [4.78, 5) is 14.7. The van der Waals surface area contributed by atoms with E-state index in [4.69, 9.17) is 11.6 Å². The number of aliphatic imine (C=N–C) groups is 1. The van der Waals surface area contributed by atoms with E-state index in [1.54, 1.807) is 0 Å². The Balaban J connectivity index is 0.00000256. The molecule has 3 N–H and O–H groups in total. The Labute approximate surface area is 199 Å². The lowest BCUT2D eigenvalue weighted by Gasteiger charge is -2.20. The van der Waals surface area contributed by atoms with Gasteiger partial charge in [0.05, 0.1) is 11.0 Å². The van der Waals surface area contributed by atoms with Crippen LogP contribution in [0.15, 0.2) is 53.5 Å². The third-order valence-electron chi connectivity index (χ3n) is 5.25. The molecule has 0 aliphatic carbocycles. The lowest BCUT2D eigenvalue weighted by atomic mass is 10.2. The SMILES string of the molecule is CN=C(NCCCc1nc2ccccc2[nH]1)NC1CCN(c2cccc(Cl)c2)C1.I. The molecule has 1 fully saturated rings. The Morgan fingerprint density at radius 1 is 1.27 bits per heavy atom. The van der Waals surface area contributed by atoms with E-state index >= 15 is 0 Å². The van der Waals surface area contributed by atoms with Gasteiger partial charge in [-0.2, -0.15) is 0 Å². The topological polar surface area (TPSA) is 68.3 Å². The summed E-state index contributed by atoms with van der Waals surface area (Å²) < 4.78 is 0. The zero-order valence-electron chi connectivity index (χ0n) is 17.1. The van der Waals surface area contributed by atoms with Crippen LogP contribution in [0.4, 0.5) is 5.69 Å². The number of hydrogen-bond donors (Lipinski definition) is 3. The predicted molar refractivity (Wildman–Crippen MR) is 136 cm³/mol. The molecule has 4 rings (SSSR count). The van der Waals surface area contributed by atoms with Crippen LogP contribution in [0.5, 0.6) is 0 Å². The molecular weight excluding hydrogens is 511 g/mol. The van der Waals surface area contributed by atoms with Crippen LogP contribution in [0.1, 0.15) is 18.7 Å². The molecule has 0 radical (unpaired) electrons. The molecule has 1 atom stereocenters. The number of para-hydroxylation sites is 2. The largest absolute Gasteiger partial charge is 0.369 e. The highest BCUT2D eigenvalue weighted by Gasteiger charge is 2.23.